The van der Waals surface area contributed by atoms with Gasteiger partial charge in [0, 0.05) is 6.04 Å². The average Bonchev–Trinajstić information content (AvgIpc) is 2.94. The molecule has 2 rings (SSSR count). The molecule has 0 fully saturated rings. The first-order valence-corrected chi connectivity index (χ1v) is 6.69. The van der Waals surface area contributed by atoms with E-state index in [0.717, 1.165) is 5.56 Å². The van der Waals surface area contributed by atoms with Crippen molar-refractivity contribution in [2.45, 2.75) is 26.1 Å². The van der Waals surface area contributed by atoms with E-state index < -0.39 is 5.91 Å². The van der Waals surface area contributed by atoms with Gasteiger partial charge >= 0.3 is 0 Å². The van der Waals surface area contributed by atoms with Crippen molar-refractivity contribution in [2.24, 2.45) is 11.5 Å². The molecule has 1 aromatic carbocycles. The molecular formula is C14H19N5O2. The summed E-state index contributed by atoms with van der Waals surface area (Å²) >= 11 is 0. The lowest BCUT2D eigenvalue weighted by atomic mass is 10.1. The van der Waals surface area contributed by atoms with Crippen molar-refractivity contribution in [3.05, 3.63) is 47.6 Å². The van der Waals surface area contributed by atoms with Gasteiger partial charge in [-0.25, -0.2) is 0 Å². The van der Waals surface area contributed by atoms with Crippen LogP contribution in [0.25, 0.3) is 0 Å². The monoisotopic (exact) mass is 289 g/mol. The lowest BCUT2D eigenvalue weighted by Crippen LogP contribution is -2.35. The Morgan fingerprint density at radius 2 is 2.10 bits per heavy atom. The maximum Gasteiger partial charge on any atom is 0.240 e. The second-order valence-corrected chi connectivity index (χ2v) is 4.77. The quantitative estimate of drug-likeness (QED) is 0.771. The van der Waals surface area contributed by atoms with Crippen LogP contribution in [0.4, 0.5) is 0 Å². The molecule has 0 aliphatic heterocycles. The fourth-order valence-corrected chi connectivity index (χ4v) is 2.09. The van der Waals surface area contributed by atoms with Gasteiger partial charge < -0.3 is 16.0 Å². The largest absolute Gasteiger partial charge is 0.369 e. The first kappa shape index (κ1) is 15.1. The van der Waals surface area contributed by atoms with E-state index in [2.05, 4.69) is 10.1 Å². The number of rotatable bonds is 7. The molecule has 1 heterocycles. The topological polar surface area (TPSA) is 111 Å². The summed E-state index contributed by atoms with van der Waals surface area (Å²) in [5.41, 5.74) is 11.9. The lowest BCUT2D eigenvalue weighted by Gasteiger charge is -2.26. The minimum atomic E-state index is -0.402. The van der Waals surface area contributed by atoms with Gasteiger partial charge in [0.2, 0.25) is 11.8 Å². The number of hydrogen-bond acceptors (Lipinski definition) is 6. The van der Waals surface area contributed by atoms with Gasteiger partial charge in [-0.1, -0.05) is 35.5 Å². The van der Waals surface area contributed by atoms with Gasteiger partial charge in [-0.05, 0) is 12.5 Å². The van der Waals surface area contributed by atoms with Crippen LogP contribution in [0.15, 0.2) is 34.9 Å². The van der Waals surface area contributed by atoms with Crippen LogP contribution in [-0.4, -0.2) is 27.5 Å². The maximum atomic E-state index is 11.3. The van der Waals surface area contributed by atoms with Crippen molar-refractivity contribution in [2.75, 3.05) is 6.54 Å². The number of amides is 1. The van der Waals surface area contributed by atoms with Crippen molar-refractivity contribution in [1.82, 2.24) is 15.0 Å². The predicted molar refractivity (Wildman–Crippen MR) is 76.7 cm³/mol. The van der Waals surface area contributed by atoms with Crippen LogP contribution >= 0.6 is 0 Å². The summed E-state index contributed by atoms with van der Waals surface area (Å²) in [7, 11) is 0. The normalized spacial score (nSPS) is 12.5. The van der Waals surface area contributed by atoms with Gasteiger partial charge in [-0.2, -0.15) is 4.98 Å². The second kappa shape index (κ2) is 6.96. The van der Waals surface area contributed by atoms with Crippen LogP contribution in [0.2, 0.25) is 0 Å². The van der Waals surface area contributed by atoms with Crippen LogP contribution in [-0.2, 0) is 17.9 Å². The van der Waals surface area contributed by atoms with Crippen molar-refractivity contribution in [3.63, 3.8) is 0 Å². The first-order chi connectivity index (χ1) is 10.1. The van der Waals surface area contributed by atoms with E-state index in [1.807, 2.05) is 42.2 Å². The third kappa shape index (κ3) is 4.11. The zero-order chi connectivity index (χ0) is 15.2. The van der Waals surface area contributed by atoms with Crippen molar-refractivity contribution in [1.29, 1.82) is 0 Å². The van der Waals surface area contributed by atoms with E-state index >= 15 is 0 Å². The molecule has 0 unspecified atom stereocenters. The Kier molecular flexibility index (Phi) is 5.02. The standard InChI is InChI=1S/C14H19N5O2/c1-10(11-5-3-2-4-6-11)19(8-12(16)20)9-13-17-14(7-15)21-18-13/h2-6,10H,7-9,15H2,1H3,(H2,16,20)/t10-/m1/s1. The lowest BCUT2D eigenvalue weighted by molar-refractivity contribution is -0.119. The number of carbonyl (C=O) groups excluding carboxylic acids is 1. The van der Waals surface area contributed by atoms with Crippen LogP contribution in [0.5, 0.6) is 0 Å². The van der Waals surface area contributed by atoms with Gasteiger partial charge in [0.25, 0.3) is 0 Å². The molecule has 0 spiro atoms. The van der Waals surface area contributed by atoms with Crippen molar-refractivity contribution in [3.8, 4) is 0 Å². The Bertz CT molecular complexity index is 584. The SMILES string of the molecule is C[C@H](c1ccccc1)N(CC(N)=O)Cc1noc(CN)n1. The number of nitrogens with zero attached hydrogens (tertiary/aromatic N) is 3. The number of aromatic nitrogens is 2. The zero-order valence-corrected chi connectivity index (χ0v) is 11.9. The molecule has 21 heavy (non-hydrogen) atoms. The van der Waals surface area contributed by atoms with E-state index in [-0.39, 0.29) is 19.1 Å². The second-order valence-electron chi connectivity index (χ2n) is 4.77. The maximum absolute atomic E-state index is 11.3. The minimum Gasteiger partial charge on any atom is -0.369 e. The average molecular weight is 289 g/mol. The molecule has 1 amide bonds. The molecule has 0 bridgehead atoms. The highest BCUT2D eigenvalue weighted by molar-refractivity contribution is 5.76. The highest BCUT2D eigenvalue weighted by Gasteiger charge is 2.20. The summed E-state index contributed by atoms with van der Waals surface area (Å²) in [5.74, 6) is 0.455. The summed E-state index contributed by atoms with van der Waals surface area (Å²) < 4.78 is 4.98. The molecule has 0 radical (unpaired) electrons. The van der Waals surface area contributed by atoms with Crippen molar-refractivity contribution >= 4 is 5.91 Å². The molecule has 112 valence electrons. The molecule has 0 saturated carbocycles. The van der Waals surface area contributed by atoms with E-state index in [4.69, 9.17) is 16.0 Å². The number of hydrogen-bond donors (Lipinski definition) is 2. The Hall–Kier alpha value is -2.25. The Morgan fingerprint density at radius 3 is 2.67 bits per heavy atom. The number of carbonyl (C=O) groups is 1. The predicted octanol–water partition coefficient (Wildman–Crippen LogP) is 0.577. The molecule has 7 nitrogen and oxygen atoms in total. The van der Waals surface area contributed by atoms with E-state index in [1.54, 1.807) is 0 Å². The molecule has 0 saturated heterocycles. The molecule has 1 atom stereocenters. The third-order valence-electron chi connectivity index (χ3n) is 3.22. The van der Waals surface area contributed by atoms with Crippen molar-refractivity contribution < 1.29 is 9.32 Å². The minimum absolute atomic E-state index is 0.00136. The Morgan fingerprint density at radius 1 is 1.38 bits per heavy atom. The molecule has 0 aliphatic rings. The Balaban J connectivity index is 2.15. The van der Waals surface area contributed by atoms with Crippen LogP contribution in [0.1, 0.15) is 30.2 Å². The van der Waals surface area contributed by atoms with E-state index in [0.29, 0.717) is 18.3 Å². The van der Waals surface area contributed by atoms with Crippen LogP contribution in [0.3, 0.4) is 0 Å². The fraction of sp³-hybridized carbons (Fsp3) is 0.357. The summed E-state index contributed by atoms with van der Waals surface area (Å²) in [5, 5.41) is 3.85. The number of nitrogens with two attached hydrogens (primary N) is 2. The van der Waals surface area contributed by atoms with Crippen LogP contribution < -0.4 is 11.5 Å². The van der Waals surface area contributed by atoms with E-state index in [1.165, 1.54) is 0 Å². The molecule has 7 heteroatoms. The van der Waals surface area contributed by atoms with Gasteiger partial charge in [0.1, 0.15) is 0 Å². The summed E-state index contributed by atoms with van der Waals surface area (Å²) in [4.78, 5) is 17.3. The van der Waals surface area contributed by atoms with E-state index in [9.17, 15) is 4.79 Å². The highest BCUT2D eigenvalue weighted by Crippen LogP contribution is 2.21. The summed E-state index contributed by atoms with van der Waals surface area (Å²) in [6, 6.07) is 9.85. The van der Waals surface area contributed by atoms with Gasteiger partial charge in [-0.15, -0.1) is 0 Å². The molecule has 2 aromatic rings. The molecule has 0 aliphatic carbocycles. The zero-order valence-electron chi connectivity index (χ0n) is 11.9. The summed E-state index contributed by atoms with van der Waals surface area (Å²) in [6.45, 7) is 2.67. The number of primary amides is 1. The molecule has 4 N–H and O–H groups in total. The van der Waals surface area contributed by atoms with Crippen LogP contribution in [0, 0.1) is 0 Å². The summed E-state index contributed by atoms with van der Waals surface area (Å²) in [6.07, 6.45) is 0. The Labute approximate surface area is 122 Å². The van der Waals surface area contributed by atoms with Gasteiger partial charge in [-0.3, -0.25) is 9.69 Å². The smallest absolute Gasteiger partial charge is 0.240 e. The highest BCUT2D eigenvalue weighted by atomic mass is 16.5. The fourth-order valence-electron chi connectivity index (χ4n) is 2.09. The number of benzene rings is 1. The first-order valence-electron chi connectivity index (χ1n) is 6.69. The molecular weight excluding hydrogens is 270 g/mol. The van der Waals surface area contributed by atoms with Gasteiger partial charge in [0.05, 0.1) is 19.6 Å². The van der Waals surface area contributed by atoms with Gasteiger partial charge in [0.15, 0.2) is 5.82 Å². The molecule has 1 aromatic heterocycles. The third-order valence-corrected chi connectivity index (χ3v) is 3.22.